The van der Waals surface area contributed by atoms with Gasteiger partial charge in [-0.25, -0.2) is 8.42 Å². The van der Waals surface area contributed by atoms with Crippen LogP contribution in [0.15, 0.2) is 53.4 Å². The summed E-state index contributed by atoms with van der Waals surface area (Å²) in [6, 6.07) is 13.5. The largest absolute Gasteiger partial charge is 0.485 e. The molecule has 2 saturated heterocycles. The third-order valence-corrected chi connectivity index (χ3v) is 8.59. The van der Waals surface area contributed by atoms with Crippen LogP contribution < -0.4 is 9.47 Å². The van der Waals surface area contributed by atoms with Crippen LogP contribution >= 0.6 is 0 Å². The maximum absolute atomic E-state index is 13.1. The molecule has 3 aliphatic heterocycles. The van der Waals surface area contributed by atoms with Gasteiger partial charge in [-0.15, -0.1) is 0 Å². The maximum atomic E-state index is 13.1. The standard InChI is InChI=1S/C25H29N3O6S/c29-24(19-7-6-8-20(17-19)35(31,32)28-11-4-1-5-12-28)26-13-15-27(16-14-26)25(30)23-18-33-21-9-2-3-10-22(21)34-23/h2-3,6-10,17,23H,1,4-5,11-16,18H2. The summed E-state index contributed by atoms with van der Waals surface area (Å²) >= 11 is 0. The molecule has 2 aromatic rings. The van der Waals surface area contributed by atoms with Crippen molar-refractivity contribution < 1.29 is 27.5 Å². The van der Waals surface area contributed by atoms with Crippen molar-refractivity contribution >= 4 is 21.8 Å². The van der Waals surface area contributed by atoms with Crippen molar-refractivity contribution in [3.63, 3.8) is 0 Å². The van der Waals surface area contributed by atoms with E-state index >= 15 is 0 Å². The first-order chi connectivity index (χ1) is 16.9. The Labute approximate surface area is 205 Å². The smallest absolute Gasteiger partial charge is 0.267 e. The molecule has 0 bridgehead atoms. The Bertz CT molecular complexity index is 1200. The number of ether oxygens (including phenoxy) is 2. The van der Waals surface area contributed by atoms with Crippen molar-refractivity contribution in [2.24, 2.45) is 0 Å². The van der Waals surface area contributed by atoms with Gasteiger partial charge in [0, 0.05) is 44.8 Å². The number of piperazine rings is 1. The number of nitrogens with zero attached hydrogens (tertiary/aromatic N) is 3. The van der Waals surface area contributed by atoms with Crippen LogP contribution in [0.1, 0.15) is 29.6 Å². The highest BCUT2D eigenvalue weighted by molar-refractivity contribution is 7.89. The number of piperidine rings is 1. The van der Waals surface area contributed by atoms with Gasteiger partial charge in [-0.05, 0) is 43.2 Å². The van der Waals surface area contributed by atoms with Gasteiger partial charge in [-0.3, -0.25) is 9.59 Å². The van der Waals surface area contributed by atoms with E-state index in [2.05, 4.69) is 0 Å². The number of carbonyl (C=O) groups is 2. The summed E-state index contributed by atoms with van der Waals surface area (Å²) in [4.78, 5) is 29.6. The predicted octanol–water partition coefficient (Wildman–Crippen LogP) is 1.99. The summed E-state index contributed by atoms with van der Waals surface area (Å²) in [7, 11) is -3.62. The summed E-state index contributed by atoms with van der Waals surface area (Å²) < 4.78 is 39.0. The van der Waals surface area contributed by atoms with Crippen LogP contribution in [-0.4, -0.2) is 86.3 Å². The molecule has 9 nitrogen and oxygen atoms in total. The Morgan fingerprint density at radius 1 is 0.800 bits per heavy atom. The Hall–Kier alpha value is -3.11. The third-order valence-electron chi connectivity index (χ3n) is 6.70. The number of benzene rings is 2. The molecule has 0 aromatic heterocycles. The molecule has 5 rings (SSSR count). The molecule has 2 aromatic carbocycles. The minimum absolute atomic E-state index is 0.146. The Balaban J connectivity index is 1.20. The topological polar surface area (TPSA) is 96.5 Å². The maximum Gasteiger partial charge on any atom is 0.267 e. The van der Waals surface area contributed by atoms with Crippen molar-refractivity contribution in [2.45, 2.75) is 30.3 Å². The van der Waals surface area contributed by atoms with Crippen LogP contribution in [0.2, 0.25) is 0 Å². The zero-order chi connectivity index (χ0) is 24.4. The quantitative estimate of drug-likeness (QED) is 0.638. The molecule has 2 amide bonds. The molecular weight excluding hydrogens is 470 g/mol. The molecule has 0 radical (unpaired) electrons. The fraction of sp³-hybridized carbons (Fsp3) is 0.440. The molecule has 0 saturated carbocycles. The molecule has 0 spiro atoms. The summed E-state index contributed by atoms with van der Waals surface area (Å²) in [6.07, 6.45) is 2.02. The van der Waals surface area contributed by atoms with Crippen molar-refractivity contribution in [1.29, 1.82) is 0 Å². The highest BCUT2D eigenvalue weighted by Crippen LogP contribution is 2.31. The molecular formula is C25H29N3O6S. The number of rotatable bonds is 4. The molecule has 3 aliphatic rings. The fourth-order valence-electron chi connectivity index (χ4n) is 4.70. The summed E-state index contributed by atoms with van der Waals surface area (Å²) in [5.74, 6) is 0.766. The Kier molecular flexibility index (Phi) is 6.66. The van der Waals surface area contributed by atoms with Crippen LogP contribution in [-0.2, 0) is 14.8 Å². The SMILES string of the molecule is O=C(c1cccc(S(=O)(=O)N2CCCCC2)c1)N1CCN(C(=O)C2COc3ccccc3O2)CC1. The zero-order valence-corrected chi connectivity index (χ0v) is 20.3. The average Bonchev–Trinajstić information content (AvgIpc) is 2.92. The monoisotopic (exact) mass is 499 g/mol. The molecule has 1 unspecified atom stereocenters. The molecule has 10 heteroatoms. The first-order valence-electron chi connectivity index (χ1n) is 12.0. The molecule has 0 aliphatic carbocycles. The lowest BCUT2D eigenvalue weighted by Gasteiger charge is -2.37. The second-order valence-electron chi connectivity index (χ2n) is 8.97. The first-order valence-corrected chi connectivity index (χ1v) is 13.4. The number of fused-ring (bicyclic) bond motifs is 1. The lowest BCUT2D eigenvalue weighted by Crippen LogP contribution is -2.55. The Morgan fingerprint density at radius 2 is 1.49 bits per heavy atom. The lowest BCUT2D eigenvalue weighted by atomic mass is 10.1. The average molecular weight is 500 g/mol. The van der Waals surface area contributed by atoms with Gasteiger partial charge in [0.1, 0.15) is 6.61 Å². The zero-order valence-electron chi connectivity index (χ0n) is 19.5. The van der Waals surface area contributed by atoms with E-state index in [-0.39, 0.29) is 23.3 Å². The second-order valence-corrected chi connectivity index (χ2v) is 10.9. The molecule has 35 heavy (non-hydrogen) atoms. The van der Waals surface area contributed by atoms with Gasteiger partial charge >= 0.3 is 0 Å². The summed E-state index contributed by atoms with van der Waals surface area (Å²) in [6.45, 7) is 2.63. The molecule has 2 fully saturated rings. The number of sulfonamides is 1. The summed E-state index contributed by atoms with van der Waals surface area (Å²) in [5.41, 5.74) is 0.337. The van der Waals surface area contributed by atoms with E-state index in [1.54, 1.807) is 40.1 Å². The molecule has 3 heterocycles. The van der Waals surface area contributed by atoms with E-state index in [0.717, 1.165) is 19.3 Å². The molecule has 186 valence electrons. The van der Waals surface area contributed by atoms with E-state index in [1.807, 2.05) is 12.1 Å². The van der Waals surface area contributed by atoms with Gasteiger partial charge in [0.15, 0.2) is 11.5 Å². The van der Waals surface area contributed by atoms with Crippen LogP contribution in [0.3, 0.4) is 0 Å². The third kappa shape index (κ3) is 4.85. The lowest BCUT2D eigenvalue weighted by molar-refractivity contribution is -0.142. The van der Waals surface area contributed by atoms with Crippen LogP contribution in [0, 0.1) is 0 Å². The van der Waals surface area contributed by atoms with Gasteiger partial charge in [-0.1, -0.05) is 24.6 Å². The Morgan fingerprint density at radius 3 is 2.23 bits per heavy atom. The minimum atomic E-state index is -3.62. The minimum Gasteiger partial charge on any atom is -0.485 e. The fourth-order valence-corrected chi connectivity index (χ4v) is 6.26. The highest BCUT2D eigenvalue weighted by Gasteiger charge is 2.34. The highest BCUT2D eigenvalue weighted by atomic mass is 32.2. The van der Waals surface area contributed by atoms with Crippen molar-refractivity contribution in [1.82, 2.24) is 14.1 Å². The normalized spacial score (nSPS) is 21.0. The molecule has 1 atom stereocenters. The van der Waals surface area contributed by atoms with Crippen LogP contribution in [0.4, 0.5) is 0 Å². The van der Waals surface area contributed by atoms with E-state index in [0.29, 0.717) is 56.3 Å². The van der Waals surface area contributed by atoms with E-state index in [1.165, 1.54) is 10.4 Å². The second kappa shape index (κ2) is 9.87. The summed E-state index contributed by atoms with van der Waals surface area (Å²) in [5, 5.41) is 0. The van der Waals surface area contributed by atoms with E-state index in [9.17, 15) is 18.0 Å². The van der Waals surface area contributed by atoms with E-state index in [4.69, 9.17) is 9.47 Å². The van der Waals surface area contributed by atoms with Crippen molar-refractivity contribution in [3.05, 3.63) is 54.1 Å². The van der Waals surface area contributed by atoms with Gasteiger partial charge in [0.05, 0.1) is 4.90 Å². The number of carbonyl (C=O) groups excluding carboxylic acids is 2. The van der Waals surface area contributed by atoms with Gasteiger partial charge < -0.3 is 19.3 Å². The van der Waals surface area contributed by atoms with Crippen LogP contribution in [0.25, 0.3) is 0 Å². The van der Waals surface area contributed by atoms with Crippen molar-refractivity contribution in [2.75, 3.05) is 45.9 Å². The number of hydrogen-bond donors (Lipinski definition) is 0. The number of hydrogen-bond acceptors (Lipinski definition) is 6. The molecule has 0 N–H and O–H groups in total. The van der Waals surface area contributed by atoms with E-state index < -0.39 is 16.1 Å². The number of para-hydroxylation sites is 2. The first kappa shape index (κ1) is 23.6. The van der Waals surface area contributed by atoms with Gasteiger partial charge in [0.25, 0.3) is 11.8 Å². The van der Waals surface area contributed by atoms with Gasteiger partial charge in [-0.2, -0.15) is 4.31 Å². The number of amides is 2. The van der Waals surface area contributed by atoms with Crippen molar-refractivity contribution in [3.8, 4) is 11.5 Å². The van der Waals surface area contributed by atoms with Crippen LogP contribution in [0.5, 0.6) is 11.5 Å². The van der Waals surface area contributed by atoms with Gasteiger partial charge in [0.2, 0.25) is 16.1 Å². The predicted molar refractivity (Wildman–Crippen MR) is 128 cm³/mol.